The largest absolute Gasteiger partial charge is 0.330 e. The Hall–Kier alpha value is -0.0800. The van der Waals surface area contributed by atoms with E-state index in [0.717, 1.165) is 12.5 Å². The normalized spacial score (nSPS) is 22.4. The quantitative estimate of drug-likeness (QED) is 0.659. The summed E-state index contributed by atoms with van der Waals surface area (Å²) in [7, 11) is 0. The second-order valence-corrected chi connectivity index (χ2v) is 3.52. The van der Waals surface area contributed by atoms with Crippen molar-refractivity contribution in [3.8, 4) is 0 Å². The SMILES string of the molecule is CCC(CN)CN1CCCC1. The first-order chi connectivity index (χ1) is 5.36. The zero-order valence-electron chi connectivity index (χ0n) is 7.55. The van der Waals surface area contributed by atoms with Crippen LogP contribution in [0.2, 0.25) is 0 Å². The maximum Gasteiger partial charge on any atom is 0.00216 e. The predicted molar refractivity (Wildman–Crippen MR) is 48.5 cm³/mol. The minimum atomic E-state index is 0.730. The Bertz CT molecular complexity index is 93.7. The van der Waals surface area contributed by atoms with E-state index in [1.807, 2.05) is 0 Å². The van der Waals surface area contributed by atoms with Gasteiger partial charge in [-0.25, -0.2) is 0 Å². The van der Waals surface area contributed by atoms with Crippen LogP contribution in [-0.2, 0) is 0 Å². The minimum Gasteiger partial charge on any atom is -0.330 e. The van der Waals surface area contributed by atoms with Gasteiger partial charge in [0.25, 0.3) is 0 Å². The van der Waals surface area contributed by atoms with Gasteiger partial charge in [-0.1, -0.05) is 13.3 Å². The van der Waals surface area contributed by atoms with Gasteiger partial charge in [-0.2, -0.15) is 0 Å². The molecular formula is C9H20N2. The number of hydrogen-bond donors (Lipinski definition) is 1. The lowest BCUT2D eigenvalue weighted by Gasteiger charge is -2.20. The molecule has 0 bridgehead atoms. The zero-order valence-corrected chi connectivity index (χ0v) is 7.55. The third-order valence-electron chi connectivity index (χ3n) is 2.63. The van der Waals surface area contributed by atoms with Gasteiger partial charge in [-0.05, 0) is 38.4 Å². The van der Waals surface area contributed by atoms with Gasteiger partial charge >= 0.3 is 0 Å². The Morgan fingerprint density at radius 2 is 2.00 bits per heavy atom. The molecular weight excluding hydrogens is 136 g/mol. The molecule has 0 saturated carbocycles. The van der Waals surface area contributed by atoms with Gasteiger partial charge in [0.2, 0.25) is 0 Å². The average Bonchev–Trinajstić information content (AvgIpc) is 2.52. The molecule has 0 radical (unpaired) electrons. The summed E-state index contributed by atoms with van der Waals surface area (Å²) in [6, 6.07) is 0. The van der Waals surface area contributed by atoms with Crippen molar-refractivity contribution in [1.29, 1.82) is 0 Å². The molecule has 1 fully saturated rings. The van der Waals surface area contributed by atoms with E-state index in [2.05, 4.69) is 11.8 Å². The molecule has 1 rings (SSSR count). The van der Waals surface area contributed by atoms with Crippen molar-refractivity contribution in [2.24, 2.45) is 11.7 Å². The smallest absolute Gasteiger partial charge is 0.00216 e. The van der Waals surface area contributed by atoms with Crippen LogP contribution in [0.4, 0.5) is 0 Å². The van der Waals surface area contributed by atoms with E-state index in [-0.39, 0.29) is 0 Å². The maximum absolute atomic E-state index is 5.63. The van der Waals surface area contributed by atoms with Gasteiger partial charge in [0.15, 0.2) is 0 Å². The number of rotatable bonds is 4. The van der Waals surface area contributed by atoms with Crippen molar-refractivity contribution in [1.82, 2.24) is 4.90 Å². The molecule has 11 heavy (non-hydrogen) atoms. The summed E-state index contributed by atoms with van der Waals surface area (Å²) < 4.78 is 0. The van der Waals surface area contributed by atoms with Crippen molar-refractivity contribution >= 4 is 0 Å². The molecule has 66 valence electrons. The third-order valence-corrected chi connectivity index (χ3v) is 2.63. The highest BCUT2D eigenvalue weighted by molar-refractivity contribution is 4.70. The summed E-state index contributed by atoms with van der Waals surface area (Å²) in [5, 5.41) is 0. The summed E-state index contributed by atoms with van der Waals surface area (Å²) in [4.78, 5) is 2.54. The third kappa shape index (κ3) is 2.80. The molecule has 1 heterocycles. The van der Waals surface area contributed by atoms with Crippen LogP contribution in [0.3, 0.4) is 0 Å². The van der Waals surface area contributed by atoms with E-state index in [1.54, 1.807) is 0 Å². The van der Waals surface area contributed by atoms with Crippen LogP contribution in [0.15, 0.2) is 0 Å². The van der Waals surface area contributed by atoms with E-state index in [4.69, 9.17) is 5.73 Å². The van der Waals surface area contributed by atoms with Crippen molar-refractivity contribution in [3.63, 3.8) is 0 Å². The minimum absolute atomic E-state index is 0.730. The highest BCUT2D eigenvalue weighted by Crippen LogP contribution is 2.11. The topological polar surface area (TPSA) is 29.3 Å². The Labute approximate surface area is 69.8 Å². The van der Waals surface area contributed by atoms with Gasteiger partial charge in [0.1, 0.15) is 0 Å². The lowest BCUT2D eigenvalue weighted by atomic mass is 10.1. The monoisotopic (exact) mass is 156 g/mol. The van der Waals surface area contributed by atoms with Gasteiger partial charge < -0.3 is 10.6 Å². The molecule has 2 N–H and O–H groups in total. The Kier molecular flexibility index (Phi) is 3.87. The van der Waals surface area contributed by atoms with Crippen molar-refractivity contribution in [2.75, 3.05) is 26.2 Å². The fraction of sp³-hybridized carbons (Fsp3) is 1.00. The second kappa shape index (κ2) is 4.73. The lowest BCUT2D eigenvalue weighted by molar-refractivity contribution is 0.276. The highest BCUT2D eigenvalue weighted by Gasteiger charge is 2.14. The van der Waals surface area contributed by atoms with Crippen LogP contribution in [0, 0.1) is 5.92 Å². The van der Waals surface area contributed by atoms with E-state index in [0.29, 0.717) is 0 Å². The van der Waals surface area contributed by atoms with Gasteiger partial charge in [0.05, 0.1) is 0 Å². The molecule has 0 aromatic heterocycles. The standard InChI is InChI=1S/C9H20N2/c1-2-9(7-10)8-11-5-3-4-6-11/h9H,2-8,10H2,1H3. The molecule has 1 aliphatic heterocycles. The molecule has 0 amide bonds. The fourth-order valence-corrected chi connectivity index (χ4v) is 1.70. The molecule has 0 spiro atoms. The number of hydrogen-bond acceptors (Lipinski definition) is 2. The summed E-state index contributed by atoms with van der Waals surface area (Å²) in [5.74, 6) is 0.730. The molecule has 2 nitrogen and oxygen atoms in total. The first-order valence-electron chi connectivity index (χ1n) is 4.79. The van der Waals surface area contributed by atoms with Gasteiger partial charge in [0, 0.05) is 6.54 Å². The van der Waals surface area contributed by atoms with Crippen LogP contribution in [0.5, 0.6) is 0 Å². The van der Waals surface area contributed by atoms with Crippen molar-refractivity contribution in [3.05, 3.63) is 0 Å². The first-order valence-corrected chi connectivity index (χ1v) is 4.79. The van der Waals surface area contributed by atoms with Crippen LogP contribution in [0.25, 0.3) is 0 Å². The molecule has 1 aliphatic rings. The first kappa shape index (κ1) is 9.01. The molecule has 0 aromatic rings. The van der Waals surface area contributed by atoms with Gasteiger partial charge in [-0.15, -0.1) is 0 Å². The summed E-state index contributed by atoms with van der Waals surface area (Å²) >= 11 is 0. The number of nitrogens with zero attached hydrogens (tertiary/aromatic N) is 1. The van der Waals surface area contributed by atoms with Gasteiger partial charge in [-0.3, -0.25) is 0 Å². The van der Waals surface area contributed by atoms with E-state index >= 15 is 0 Å². The zero-order chi connectivity index (χ0) is 8.10. The van der Waals surface area contributed by atoms with E-state index in [9.17, 15) is 0 Å². The van der Waals surface area contributed by atoms with Crippen LogP contribution >= 0.6 is 0 Å². The van der Waals surface area contributed by atoms with Crippen LogP contribution in [0.1, 0.15) is 26.2 Å². The molecule has 2 heteroatoms. The summed E-state index contributed by atoms with van der Waals surface area (Å²) in [5.41, 5.74) is 5.63. The number of likely N-dealkylation sites (tertiary alicyclic amines) is 1. The average molecular weight is 156 g/mol. The van der Waals surface area contributed by atoms with Crippen molar-refractivity contribution < 1.29 is 0 Å². The molecule has 0 aromatic carbocycles. The van der Waals surface area contributed by atoms with Crippen LogP contribution < -0.4 is 5.73 Å². The highest BCUT2D eigenvalue weighted by atomic mass is 15.1. The Balaban J connectivity index is 2.16. The predicted octanol–water partition coefficient (Wildman–Crippen LogP) is 1.07. The summed E-state index contributed by atoms with van der Waals surface area (Å²) in [6.45, 7) is 6.92. The summed E-state index contributed by atoms with van der Waals surface area (Å²) in [6.07, 6.45) is 4.01. The maximum atomic E-state index is 5.63. The molecule has 0 aliphatic carbocycles. The number of nitrogens with two attached hydrogens (primary N) is 1. The van der Waals surface area contributed by atoms with E-state index < -0.39 is 0 Å². The molecule has 1 atom stereocenters. The van der Waals surface area contributed by atoms with Crippen molar-refractivity contribution in [2.45, 2.75) is 26.2 Å². The fourth-order valence-electron chi connectivity index (χ4n) is 1.70. The second-order valence-electron chi connectivity index (χ2n) is 3.52. The van der Waals surface area contributed by atoms with Crippen LogP contribution in [-0.4, -0.2) is 31.1 Å². The molecule has 1 unspecified atom stereocenters. The Morgan fingerprint density at radius 3 is 2.45 bits per heavy atom. The van der Waals surface area contributed by atoms with E-state index in [1.165, 1.54) is 38.9 Å². The molecule has 1 saturated heterocycles. The Morgan fingerprint density at radius 1 is 1.36 bits per heavy atom. The lowest BCUT2D eigenvalue weighted by Crippen LogP contribution is -2.30.